The van der Waals surface area contributed by atoms with E-state index in [0.717, 1.165) is 6.42 Å². The SMILES string of the molecule is C[C-](c1ccccc1)N(C)C.[C-]1=CC=CC1.[Ti+2]. The van der Waals surface area contributed by atoms with Crippen molar-refractivity contribution in [2.45, 2.75) is 13.3 Å². The Morgan fingerprint density at radius 1 is 1.18 bits per heavy atom. The van der Waals surface area contributed by atoms with Gasteiger partial charge in [-0.05, 0) is 14.1 Å². The summed E-state index contributed by atoms with van der Waals surface area (Å²) < 4.78 is 0. The van der Waals surface area contributed by atoms with E-state index in [9.17, 15) is 0 Å². The zero-order chi connectivity index (χ0) is 11.8. The van der Waals surface area contributed by atoms with E-state index in [0.29, 0.717) is 0 Å². The largest absolute Gasteiger partial charge is 2.00 e. The van der Waals surface area contributed by atoms with Crippen LogP contribution in [0.4, 0.5) is 0 Å². The van der Waals surface area contributed by atoms with Gasteiger partial charge in [-0.2, -0.15) is 23.8 Å². The predicted octanol–water partition coefficient (Wildman–Crippen LogP) is 3.45. The van der Waals surface area contributed by atoms with Gasteiger partial charge in [0.25, 0.3) is 0 Å². The van der Waals surface area contributed by atoms with Gasteiger partial charge in [-0.25, -0.2) is 12.2 Å². The predicted molar refractivity (Wildman–Crippen MR) is 69.7 cm³/mol. The third-order valence-corrected chi connectivity index (χ3v) is 2.45. The van der Waals surface area contributed by atoms with Crippen LogP contribution in [-0.2, 0) is 21.7 Å². The second-order valence-corrected chi connectivity index (χ2v) is 3.85. The quantitative estimate of drug-likeness (QED) is 0.582. The topological polar surface area (TPSA) is 3.24 Å². The first-order valence-electron chi connectivity index (χ1n) is 5.50. The Morgan fingerprint density at radius 3 is 2.18 bits per heavy atom. The molecule has 0 aliphatic heterocycles. The van der Waals surface area contributed by atoms with Gasteiger partial charge in [0.1, 0.15) is 0 Å². The van der Waals surface area contributed by atoms with Crippen molar-refractivity contribution in [2.24, 2.45) is 0 Å². The van der Waals surface area contributed by atoms with Crippen molar-refractivity contribution in [1.82, 2.24) is 4.90 Å². The van der Waals surface area contributed by atoms with Crippen LogP contribution in [0.5, 0.6) is 0 Å². The summed E-state index contributed by atoms with van der Waals surface area (Å²) in [5, 5.41) is 0. The Hall–Kier alpha value is -0.756. The number of hydrogen-bond acceptors (Lipinski definition) is 1. The molecule has 2 heteroatoms. The molecule has 1 aliphatic rings. The van der Waals surface area contributed by atoms with Crippen LogP contribution >= 0.6 is 0 Å². The Kier molecular flexibility index (Phi) is 8.88. The fourth-order valence-electron chi connectivity index (χ4n) is 1.28. The number of benzene rings is 1. The number of nitrogens with zero attached hydrogens (tertiary/aromatic N) is 1. The van der Waals surface area contributed by atoms with Crippen LogP contribution < -0.4 is 0 Å². The van der Waals surface area contributed by atoms with E-state index in [-0.39, 0.29) is 21.7 Å². The maximum atomic E-state index is 2.99. The summed E-state index contributed by atoms with van der Waals surface area (Å²) in [6.07, 6.45) is 10.0. The second-order valence-electron chi connectivity index (χ2n) is 3.85. The molecule has 0 bridgehead atoms. The first-order valence-corrected chi connectivity index (χ1v) is 5.50. The maximum Gasteiger partial charge on any atom is 2.00 e. The summed E-state index contributed by atoms with van der Waals surface area (Å²) in [5.74, 6) is 0. The van der Waals surface area contributed by atoms with Crippen molar-refractivity contribution in [3.63, 3.8) is 0 Å². The number of rotatable bonds is 2. The molecule has 0 radical (unpaired) electrons. The molecule has 0 heterocycles. The van der Waals surface area contributed by atoms with E-state index in [1.165, 1.54) is 11.6 Å². The summed E-state index contributed by atoms with van der Waals surface area (Å²) >= 11 is 0. The summed E-state index contributed by atoms with van der Waals surface area (Å²) in [6.45, 7) is 2.12. The summed E-state index contributed by atoms with van der Waals surface area (Å²) in [7, 11) is 4.12. The van der Waals surface area contributed by atoms with E-state index in [2.05, 4.69) is 62.3 Å². The average molecular weight is 261 g/mol. The molecule has 1 aromatic rings. The molecule has 17 heavy (non-hydrogen) atoms. The van der Waals surface area contributed by atoms with Crippen LogP contribution in [0.1, 0.15) is 18.9 Å². The average Bonchev–Trinajstić information content (AvgIpc) is 2.88. The maximum absolute atomic E-state index is 2.99. The third kappa shape index (κ3) is 6.52. The van der Waals surface area contributed by atoms with Crippen LogP contribution in [0.3, 0.4) is 0 Å². The molecule has 1 nitrogen and oxygen atoms in total. The minimum atomic E-state index is 0. The Balaban J connectivity index is 0.000000360. The number of hydrogen-bond donors (Lipinski definition) is 0. The molecule has 0 aromatic heterocycles. The molecule has 88 valence electrons. The molecular weight excluding hydrogens is 242 g/mol. The Morgan fingerprint density at radius 2 is 1.82 bits per heavy atom. The zero-order valence-corrected chi connectivity index (χ0v) is 12.3. The molecular formula is C15H19NTi. The molecule has 0 N–H and O–H groups in total. The van der Waals surface area contributed by atoms with Gasteiger partial charge in [-0.3, -0.25) is 6.08 Å². The van der Waals surface area contributed by atoms with Crippen LogP contribution in [0.25, 0.3) is 0 Å². The molecule has 0 saturated carbocycles. The molecule has 0 saturated heterocycles. The van der Waals surface area contributed by atoms with Gasteiger partial charge in [-0.15, -0.1) is 24.6 Å². The molecule has 1 aliphatic carbocycles. The van der Waals surface area contributed by atoms with Gasteiger partial charge >= 0.3 is 21.7 Å². The van der Waals surface area contributed by atoms with Gasteiger partial charge in [0.15, 0.2) is 0 Å². The van der Waals surface area contributed by atoms with Crippen molar-refractivity contribution < 1.29 is 21.7 Å². The normalized spacial score (nSPS) is 11.8. The van der Waals surface area contributed by atoms with Crippen LogP contribution in [-0.4, -0.2) is 19.0 Å². The minimum Gasteiger partial charge on any atom is -0.336 e. The van der Waals surface area contributed by atoms with E-state index in [4.69, 9.17) is 0 Å². The van der Waals surface area contributed by atoms with Gasteiger partial charge < -0.3 is 4.90 Å². The van der Waals surface area contributed by atoms with E-state index >= 15 is 0 Å². The fraction of sp³-hybridized carbons (Fsp3) is 0.267. The molecule has 1 aromatic carbocycles. The summed E-state index contributed by atoms with van der Waals surface area (Å²) in [4.78, 5) is 2.12. The van der Waals surface area contributed by atoms with Gasteiger partial charge in [-0.1, -0.05) is 13.0 Å². The van der Waals surface area contributed by atoms with E-state index in [1.54, 1.807) is 0 Å². The first kappa shape index (κ1) is 16.2. The third-order valence-electron chi connectivity index (χ3n) is 2.45. The Bertz CT molecular complexity index is 331. The van der Waals surface area contributed by atoms with Crippen LogP contribution in [0, 0.1) is 12.1 Å². The van der Waals surface area contributed by atoms with Gasteiger partial charge in [0, 0.05) is 0 Å². The summed E-state index contributed by atoms with van der Waals surface area (Å²) in [6, 6.07) is 11.7. The monoisotopic (exact) mass is 261 g/mol. The molecule has 0 spiro atoms. The zero-order valence-electron chi connectivity index (χ0n) is 10.8. The van der Waals surface area contributed by atoms with Crippen molar-refractivity contribution in [3.8, 4) is 0 Å². The van der Waals surface area contributed by atoms with Gasteiger partial charge in [0.05, 0.1) is 0 Å². The van der Waals surface area contributed by atoms with Crippen molar-refractivity contribution in [2.75, 3.05) is 14.1 Å². The van der Waals surface area contributed by atoms with Crippen LogP contribution in [0.15, 0.2) is 48.6 Å². The fourth-order valence-corrected chi connectivity index (χ4v) is 1.28. The minimum absolute atomic E-state index is 0. The molecule has 0 amide bonds. The summed E-state index contributed by atoms with van der Waals surface area (Å²) in [5.41, 5.74) is 1.29. The van der Waals surface area contributed by atoms with Crippen molar-refractivity contribution in [3.05, 3.63) is 66.2 Å². The standard InChI is InChI=1S/C10H14N.C5H5.Ti/c1-9(11(2)3)10-7-5-4-6-8-10;1-2-4-5-3-1;/h4-8H,1-3H3;1-3H,4H2;/q2*-1;+2. The first-order chi connectivity index (χ1) is 7.72. The van der Waals surface area contributed by atoms with Gasteiger partial charge in [0.2, 0.25) is 0 Å². The molecule has 2 rings (SSSR count). The second kappa shape index (κ2) is 9.29. The van der Waals surface area contributed by atoms with Crippen LogP contribution in [0.2, 0.25) is 0 Å². The van der Waals surface area contributed by atoms with Crippen molar-refractivity contribution in [1.29, 1.82) is 0 Å². The van der Waals surface area contributed by atoms with E-state index < -0.39 is 0 Å². The molecule has 0 atom stereocenters. The Labute approximate surface area is 120 Å². The smallest absolute Gasteiger partial charge is 0.336 e. The number of allylic oxidation sites excluding steroid dienone is 4. The molecule has 0 unspecified atom stereocenters. The van der Waals surface area contributed by atoms with E-state index in [1.807, 2.05) is 18.2 Å². The molecule has 0 fully saturated rings. The van der Waals surface area contributed by atoms with Crippen molar-refractivity contribution >= 4 is 0 Å².